The van der Waals surface area contributed by atoms with Gasteiger partial charge in [-0.15, -0.1) is 0 Å². The monoisotopic (exact) mass is 471 g/mol. The Morgan fingerprint density at radius 1 is 1.12 bits per heavy atom. The highest BCUT2D eigenvalue weighted by atomic mass is 16.5. The minimum absolute atomic E-state index is 0.250. The number of benzene rings is 1. The van der Waals surface area contributed by atoms with Crippen molar-refractivity contribution in [3.05, 3.63) is 48.0 Å². The van der Waals surface area contributed by atoms with Gasteiger partial charge >= 0.3 is 5.97 Å². The number of ether oxygens (including phenoxy) is 1. The Balaban J connectivity index is 1.35. The van der Waals surface area contributed by atoms with Crippen molar-refractivity contribution in [3.63, 3.8) is 0 Å². The van der Waals surface area contributed by atoms with E-state index in [0.29, 0.717) is 43.4 Å². The normalized spacial score (nSPS) is 25.7. The van der Waals surface area contributed by atoms with E-state index < -0.39 is 11.6 Å². The Bertz CT molecular complexity index is 752. The third-order valence-corrected chi connectivity index (χ3v) is 7.61. The van der Waals surface area contributed by atoms with E-state index in [4.69, 9.17) is 9.84 Å². The van der Waals surface area contributed by atoms with Gasteiger partial charge in [-0.05, 0) is 75.3 Å². The molecule has 1 aromatic rings. The second kappa shape index (κ2) is 14.0. The number of carboxylic acid groups (broad SMARTS) is 1. The highest BCUT2D eigenvalue weighted by molar-refractivity contribution is 5.66. The van der Waals surface area contributed by atoms with Crippen molar-refractivity contribution < 1.29 is 19.7 Å². The summed E-state index contributed by atoms with van der Waals surface area (Å²) in [6.45, 7) is 3.72. The second-order valence-electron chi connectivity index (χ2n) is 10.4. The summed E-state index contributed by atoms with van der Waals surface area (Å²) in [5, 5.41) is 23.4. The summed E-state index contributed by atoms with van der Waals surface area (Å²) in [6, 6.07) is 10.3. The molecule has 3 rings (SSSR count). The van der Waals surface area contributed by atoms with Gasteiger partial charge in [-0.1, -0.05) is 62.2 Å². The van der Waals surface area contributed by atoms with Gasteiger partial charge in [0.1, 0.15) is 0 Å². The first-order valence-corrected chi connectivity index (χ1v) is 13.5. The lowest BCUT2D eigenvalue weighted by atomic mass is 9.75. The molecule has 0 aliphatic carbocycles. The topological polar surface area (TPSA) is 78.8 Å². The molecule has 1 unspecified atom stereocenters. The van der Waals surface area contributed by atoms with Crippen LogP contribution in [0.1, 0.15) is 83.1 Å². The molecule has 0 spiro atoms. The van der Waals surface area contributed by atoms with Gasteiger partial charge in [-0.3, -0.25) is 4.79 Å². The lowest BCUT2D eigenvalue weighted by Gasteiger charge is -2.29. The van der Waals surface area contributed by atoms with Gasteiger partial charge in [-0.2, -0.15) is 0 Å². The minimum atomic E-state index is -0.712. The number of carbonyl (C=O) groups is 1. The number of hydrogen-bond donors (Lipinski definition) is 3. The van der Waals surface area contributed by atoms with E-state index in [1.807, 2.05) is 18.2 Å². The molecule has 2 saturated heterocycles. The molecule has 2 aliphatic rings. The number of unbranched alkanes of at least 4 members (excludes halogenated alkanes) is 2. The molecule has 1 aromatic carbocycles. The largest absolute Gasteiger partial charge is 0.481 e. The van der Waals surface area contributed by atoms with E-state index in [-0.39, 0.29) is 6.42 Å². The number of fused-ring (bicyclic) bond motifs is 2. The quantitative estimate of drug-likeness (QED) is 0.206. The first-order chi connectivity index (χ1) is 16.5. The Kier molecular flexibility index (Phi) is 11.1. The minimum Gasteiger partial charge on any atom is -0.481 e. The summed E-state index contributed by atoms with van der Waals surface area (Å²) in [6.07, 6.45) is 16.5. The van der Waals surface area contributed by atoms with Crippen LogP contribution in [-0.2, 0) is 16.0 Å². The lowest BCUT2D eigenvalue weighted by molar-refractivity contribution is -0.137. The Labute approximate surface area is 206 Å². The predicted octanol–water partition coefficient (Wildman–Crippen LogP) is 5.52. The summed E-state index contributed by atoms with van der Waals surface area (Å²) >= 11 is 0. The Morgan fingerprint density at radius 3 is 2.62 bits per heavy atom. The molecule has 2 heterocycles. The van der Waals surface area contributed by atoms with Crippen LogP contribution in [0.25, 0.3) is 0 Å². The molecule has 2 fully saturated rings. The van der Waals surface area contributed by atoms with Crippen LogP contribution in [0.2, 0.25) is 0 Å². The number of aliphatic carboxylic acids is 1. The van der Waals surface area contributed by atoms with Gasteiger partial charge < -0.3 is 20.3 Å². The highest BCUT2D eigenvalue weighted by Crippen LogP contribution is 2.47. The first kappa shape index (κ1) is 26.9. The summed E-state index contributed by atoms with van der Waals surface area (Å²) in [4.78, 5) is 10.6. The fourth-order valence-electron chi connectivity index (χ4n) is 5.97. The van der Waals surface area contributed by atoms with Crippen molar-refractivity contribution >= 4 is 5.97 Å². The molecule has 2 bridgehead atoms. The molecule has 0 radical (unpaired) electrons. The maximum Gasteiger partial charge on any atom is 0.303 e. The Morgan fingerprint density at radius 2 is 1.88 bits per heavy atom. The molecule has 0 amide bonds. The second-order valence-corrected chi connectivity index (χ2v) is 10.4. The maximum absolute atomic E-state index is 11.1. The van der Waals surface area contributed by atoms with Crippen molar-refractivity contribution in [2.45, 2.75) is 102 Å². The summed E-state index contributed by atoms with van der Waals surface area (Å²) in [5.74, 6) is 0.552. The highest BCUT2D eigenvalue weighted by Gasteiger charge is 2.47. The zero-order valence-electron chi connectivity index (χ0n) is 21.0. The van der Waals surface area contributed by atoms with Crippen molar-refractivity contribution in [1.82, 2.24) is 5.32 Å². The number of rotatable bonds is 17. The molecular formula is C29H45NO4. The van der Waals surface area contributed by atoms with E-state index >= 15 is 0 Å². The molecule has 0 aromatic heterocycles. The van der Waals surface area contributed by atoms with Crippen molar-refractivity contribution in [1.29, 1.82) is 0 Å². The number of aliphatic hydroxyl groups is 1. The van der Waals surface area contributed by atoms with Crippen molar-refractivity contribution in [2.24, 2.45) is 11.8 Å². The molecule has 190 valence electrons. The van der Waals surface area contributed by atoms with E-state index in [2.05, 4.69) is 36.5 Å². The Hall–Kier alpha value is -1.69. The van der Waals surface area contributed by atoms with Crippen molar-refractivity contribution in [3.8, 4) is 0 Å². The molecule has 3 N–H and O–H groups in total. The number of hydrogen-bond acceptors (Lipinski definition) is 4. The van der Waals surface area contributed by atoms with Gasteiger partial charge in [0.25, 0.3) is 0 Å². The van der Waals surface area contributed by atoms with Crippen LogP contribution in [0.5, 0.6) is 0 Å². The molecular weight excluding hydrogens is 426 g/mol. The fraction of sp³-hybridized carbons (Fsp3) is 0.690. The van der Waals surface area contributed by atoms with E-state index in [0.717, 1.165) is 38.6 Å². The molecule has 5 heteroatoms. The molecule has 5 nitrogen and oxygen atoms in total. The van der Waals surface area contributed by atoms with E-state index in [9.17, 15) is 9.90 Å². The first-order valence-electron chi connectivity index (χ1n) is 13.5. The van der Waals surface area contributed by atoms with Crippen LogP contribution in [0.4, 0.5) is 0 Å². The van der Waals surface area contributed by atoms with Gasteiger partial charge in [0.15, 0.2) is 0 Å². The van der Waals surface area contributed by atoms with E-state index in [1.165, 1.54) is 31.2 Å². The zero-order valence-corrected chi connectivity index (χ0v) is 21.0. The van der Waals surface area contributed by atoms with Crippen LogP contribution >= 0.6 is 0 Å². The smallest absolute Gasteiger partial charge is 0.303 e. The predicted molar refractivity (Wildman–Crippen MR) is 137 cm³/mol. The number of nitrogens with one attached hydrogen (secondary N) is 1. The molecule has 5 atom stereocenters. The number of carboxylic acids is 1. The van der Waals surface area contributed by atoms with Crippen LogP contribution in [0, 0.1) is 11.8 Å². The van der Waals surface area contributed by atoms with Crippen LogP contribution < -0.4 is 5.32 Å². The van der Waals surface area contributed by atoms with Crippen LogP contribution in [0.15, 0.2) is 42.5 Å². The average Bonchev–Trinajstić information content (AvgIpc) is 3.41. The lowest BCUT2D eigenvalue weighted by Crippen LogP contribution is -2.42. The van der Waals surface area contributed by atoms with Gasteiger partial charge in [-0.25, -0.2) is 0 Å². The zero-order chi connectivity index (χ0) is 24.2. The summed E-state index contributed by atoms with van der Waals surface area (Å²) in [7, 11) is 0. The molecule has 0 saturated carbocycles. The molecule has 2 aliphatic heterocycles. The maximum atomic E-state index is 11.1. The number of allylic oxidation sites excluding steroid dienone is 2. The average molecular weight is 472 g/mol. The standard InChI is InChI=1S/C29H45NO4/c1-2-19-29(33,21-23-12-6-5-7-13-23)22-30-20-11-10-15-25-24(26-17-18-27(25)34-26)14-8-3-4-9-16-28(31)32/h3,5-8,12-13,24-27,30,33H,2,4,9-11,14-22H2,1H3,(H,31,32)/t24-,25+,26-,27+,29?/m1/s1. The van der Waals surface area contributed by atoms with Crippen LogP contribution in [0.3, 0.4) is 0 Å². The van der Waals surface area contributed by atoms with E-state index in [1.54, 1.807) is 0 Å². The third-order valence-electron chi connectivity index (χ3n) is 7.61. The third kappa shape index (κ3) is 8.51. The van der Waals surface area contributed by atoms with Gasteiger partial charge in [0.05, 0.1) is 17.8 Å². The van der Waals surface area contributed by atoms with Gasteiger partial charge in [0, 0.05) is 19.4 Å². The van der Waals surface area contributed by atoms with Crippen LogP contribution in [-0.4, -0.2) is 47.1 Å². The summed E-state index contributed by atoms with van der Waals surface area (Å²) < 4.78 is 6.25. The van der Waals surface area contributed by atoms with Crippen molar-refractivity contribution in [2.75, 3.05) is 13.1 Å². The fourth-order valence-corrected chi connectivity index (χ4v) is 5.97. The van der Waals surface area contributed by atoms with Gasteiger partial charge in [0.2, 0.25) is 0 Å². The molecule has 34 heavy (non-hydrogen) atoms. The SMILES string of the molecule is CCCC(O)(CNCCCC[C@H]1[C@@H](CC=CCCCC(=O)O)[C@H]2CC[C@@H]1O2)Cc1ccccc1. The summed E-state index contributed by atoms with van der Waals surface area (Å²) in [5.41, 5.74) is 0.509.